The molecule has 0 bridgehead atoms. The van der Waals surface area contributed by atoms with Crippen molar-refractivity contribution < 1.29 is 14.3 Å². The van der Waals surface area contributed by atoms with E-state index in [4.69, 9.17) is 9.47 Å². The normalized spacial score (nSPS) is 14.4. The van der Waals surface area contributed by atoms with Crippen molar-refractivity contribution in [2.75, 3.05) is 12.4 Å². The number of ether oxygens (including phenoxy) is 2. The lowest BCUT2D eigenvalue weighted by Crippen LogP contribution is -2.16. The number of carbonyl (C=O) groups excluding carboxylic acids is 1. The van der Waals surface area contributed by atoms with Gasteiger partial charge in [-0.05, 0) is 57.5 Å². The second-order valence-corrected chi connectivity index (χ2v) is 7.39. The maximum absolute atomic E-state index is 12.6. The highest BCUT2D eigenvalue weighted by Crippen LogP contribution is 2.33. The first-order valence-corrected chi connectivity index (χ1v) is 9.48. The molecule has 1 aliphatic rings. The predicted molar refractivity (Wildman–Crippen MR) is 101 cm³/mol. The van der Waals surface area contributed by atoms with E-state index in [0.29, 0.717) is 26.1 Å². The number of nitrogens with one attached hydrogen (secondary N) is 1. The van der Waals surface area contributed by atoms with Crippen LogP contribution in [0.1, 0.15) is 36.2 Å². The van der Waals surface area contributed by atoms with Gasteiger partial charge in [0.05, 0.1) is 34.0 Å². The third-order valence-electron chi connectivity index (χ3n) is 3.97. The largest absolute Gasteiger partial charge is 0.491 e. The van der Waals surface area contributed by atoms with Gasteiger partial charge in [0, 0.05) is 18.5 Å². The van der Waals surface area contributed by atoms with Crippen molar-refractivity contribution in [1.82, 2.24) is 9.97 Å². The summed E-state index contributed by atoms with van der Waals surface area (Å²) < 4.78 is 12.7. The number of rotatable bonds is 5. The monoisotopic (exact) mass is 469 g/mol. The first-order valence-electron chi connectivity index (χ1n) is 7.89. The third-order valence-corrected chi connectivity index (χ3v) is 5.17. The van der Waals surface area contributed by atoms with E-state index in [2.05, 4.69) is 47.1 Å². The summed E-state index contributed by atoms with van der Waals surface area (Å²) in [7, 11) is 1.56. The molecule has 2 aromatic rings. The molecule has 0 unspecified atom stereocenters. The quantitative estimate of drug-likeness (QED) is 0.692. The number of amides is 1. The van der Waals surface area contributed by atoms with Crippen LogP contribution >= 0.6 is 31.9 Å². The molecule has 0 aromatic carbocycles. The molecule has 0 spiro atoms. The second-order valence-electron chi connectivity index (χ2n) is 5.68. The number of aromatic nitrogens is 2. The molecule has 2 aromatic heterocycles. The standard InChI is InChI=1S/C17H17Br2N3O3/c1-24-15-9-21-13(6-14(15)25-10-4-2-3-5-10)17(23)22-16-11(18)7-20-8-12(16)19/h6-10H,2-5H2,1H3,(H,20,22,23). The number of halogens is 2. The average molecular weight is 471 g/mol. The first kappa shape index (κ1) is 18.1. The van der Waals surface area contributed by atoms with Crippen LogP contribution in [-0.2, 0) is 0 Å². The maximum Gasteiger partial charge on any atom is 0.274 e. The van der Waals surface area contributed by atoms with Gasteiger partial charge in [-0.25, -0.2) is 4.98 Å². The Bertz CT molecular complexity index is 759. The van der Waals surface area contributed by atoms with Gasteiger partial charge >= 0.3 is 0 Å². The highest BCUT2D eigenvalue weighted by molar-refractivity contribution is 9.11. The summed E-state index contributed by atoms with van der Waals surface area (Å²) in [5, 5.41) is 2.82. The fourth-order valence-electron chi connectivity index (χ4n) is 2.69. The summed E-state index contributed by atoms with van der Waals surface area (Å²) in [6.07, 6.45) is 9.25. The highest BCUT2D eigenvalue weighted by atomic mass is 79.9. The number of pyridine rings is 2. The number of nitrogens with zero attached hydrogens (tertiary/aromatic N) is 2. The van der Waals surface area contributed by atoms with Gasteiger partial charge in [-0.15, -0.1) is 0 Å². The smallest absolute Gasteiger partial charge is 0.274 e. The molecule has 25 heavy (non-hydrogen) atoms. The Balaban J connectivity index is 1.82. The fraction of sp³-hybridized carbons (Fsp3) is 0.353. The minimum absolute atomic E-state index is 0.163. The zero-order valence-corrected chi connectivity index (χ0v) is 16.8. The number of anilines is 1. The van der Waals surface area contributed by atoms with Crippen molar-refractivity contribution >= 4 is 43.5 Å². The predicted octanol–water partition coefficient (Wildman–Crippen LogP) is 4.58. The van der Waals surface area contributed by atoms with Crippen LogP contribution in [0.15, 0.2) is 33.6 Å². The van der Waals surface area contributed by atoms with E-state index in [1.807, 2.05) is 0 Å². The van der Waals surface area contributed by atoms with Crippen LogP contribution < -0.4 is 14.8 Å². The molecular formula is C17H17Br2N3O3. The van der Waals surface area contributed by atoms with E-state index < -0.39 is 0 Å². The van der Waals surface area contributed by atoms with E-state index in [-0.39, 0.29) is 17.7 Å². The van der Waals surface area contributed by atoms with Crippen LogP contribution in [-0.4, -0.2) is 29.1 Å². The molecule has 0 aliphatic heterocycles. The van der Waals surface area contributed by atoms with Gasteiger partial charge in [-0.1, -0.05) is 0 Å². The zero-order chi connectivity index (χ0) is 17.8. The molecule has 1 aliphatic carbocycles. The lowest BCUT2D eigenvalue weighted by Gasteiger charge is -2.16. The van der Waals surface area contributed by atoms with Crippen LogP contribution in [0.4, 0.5) is 5.69 Å². The van der Waals surface area contributed by atoms with Gasteiger partial charge < -0.3 is 14.8 Å². The Morgan fingerprint density at radius 1 is 1.16 bits per heavy atom. The van der Waals surface area contributed by atoms with E-state index in [0.717, 1.165) is 25.7 Å². The summed E-state index contributed by atoms with van der Waals surface area (Å²) in [6.45, 7) is 0. The molecule has 1 N–H and O–H groups in total. The van der Waals surface area contributed by atoms with Gasteiger partial charge in [0.1, 0.15) is 5.69 Å². The number of hydrogen-bond donors (Lipinski definition) is 1. The van der Waals surface area contributed by atoms with Gasteiger partial charge in [0.25, 0.3) is 5.91 Å². The molecule has 0 radical (unpaired) electrons. The average Bonchev–Trinajstić information content (AvgIpc) is 3.11. The summed E-state index contributed by atoms with van der Waals surface area (Å²) in [4.78, 5) is 20.8. The van der Waals surface area contributed by atoms with Gasteiger partial charge in [0.15, 0.2) is 11.5 Å². The Labute approximate surface area is 162 Å². The van der Waals surface area contributed by atoms with Crippen molar-refractivity contribution in [3.05, 3.63) is 39.3 Å². The molecule has 132 valence electrons. The van der Waals surface area contributed by atoms with E-state index in [1.165, 1.54) is 6.20 Å². The molecule has 8 heteroatoms. The van der Waals surface area contributed by atoms with Crippen LogP contribution in [0.25, 0.3) is 0 Å². The maximum atomic E-state index is 12.6. The molecule has 1 fully saturated rings. The minimum atomic E-state index is -0.341. The first-order chi connectivity index (χ1) is 12.1. The second kappa shape index (κ2) is 8.14. The van der Waals surface area contributed by atoms with Crippen LogP contribution in [0.5, 0.6) is 11.5 Å². The molecule has 1 amide bonds. The summed E-state index contributed by atoms with van der Waals surface area (Å²) >= 11 is 6.74. The fourth-order valence-corrected chi connectivity index (χ4v) is 3.82. The van der Waals surface area contributed by atoms with E-state index >= 15 is 0 Å². The van der Waals surface area contributed by atoms with Gasteiger partial charge in [0.2, 0.25) is 0 Å². The molecule has 1 saturated carbocycles. The van der Waals surface area contributed by atoms with Crippen molar-refractivity contribution in [1.29, 1.82) is 0 Å². The summed E-state index contributed by atoms with van der Waals surface area (Å²) in [6, 6.07) is 1.62. The van der Waals surface area contributed by atoms with Crippen molar-refractivity contribution in [2.24, 2.45) is 0 Å². The molecule has 6 nitrogen and oxygen atoms in total. The van der Waals surface area contributed by atoms with E-state index in [9.17, 15) is 4.79 Å². The van der Waals surface area contributed by atoms with Crippen LogP contribution in [0.2, 0.25) is 0 Å². The molecule has 0 saturated heterocycles. The summed E-state index contributed by atoms with van der Waals surface area (Å²) in [5.41, 5.74) is 0.847. The Morgan fingerprint density at radius 2 is 1.84 bits per heavy atom. The van der Waals surface area contributed by atoms with Crippen LogP contribution in [0.3, 0.4) is 0 Å². The lowest BCUT2D eigenvalue weighted by molar-refractivity contribution is 0.102. The lowest BCUT2D eigenvalue weighted by atomic mass is 10.2. The van der Waals surface area contributed by atoms with Crippen LogP contribution in [0, 0.1) is 0 Å². The molecular weight excluding hydrogens is 454 g/mol. The summed E-state index contributed by atoms with van der Waals surface area (Å²) in [5.74, 6) is 0.726. The van der Waals surface area contributed by atoms with Crippen molar-refractivity contribution in [3.8, 4) is 11.5 Å². The Kier molecular flexibility index (Phi) is 5.90. The van der Waals surface area contributed by atoms with Gasteiger partial charge in [-0.3, -0.25) is 9.78 Å². The topological polar surface area (TPSA) is 73.3 Å². The zero-order valence-electron chi connectivity index (χ0n) is 13.6. The number of methoxy groups -OCH3 is 1. The SMILES string of the molecule is COc1cnc(C(=O)Nc2c(Br)cncc2Br)cc1OC1CCCC1. The Morgan fingerprint density at radius 3 is 2.48 bits per heavy atom. The molecule has 2 heterocycles. The van der Waals surface area contributed by atoms with Crippen molar-refractivity contribution in [3.63, 3.8) is 0 Å². The number of hydrogen-bond acceptors (Lipinski definition) is 5. The molecule has 3 rings (SSSR count). The number of carbonyl (C=O) groups is 1. The van der Waals surface area contributed by atoms with E-state index in [1.54, 1.807) is 25.6 Å². The Hall–Kier alpha value is -1.67. The minimum Gasteiger partial charge on any atom is -0.491 e. The van der Waals surface area contributed by atoms with Gasteiger partial charge in [-0.2, -0.15) is 0 Å². The van der Waals surface area contributed by atoms with Crippen molar-refractivity contribution in [2.45, 2.75) is 31.8 Å². The third kappa shape index (κ3) is 4.30. The highest BCUT2D eigenvalue weighted by Gasteiger charge is 2.21. The molecule has 0 atom stereocenters.